The van der Waals surface area contributed by atoms with Gasteiger partial charge in [-0.25, -0.2) is 4.98 Å². The van der Waals surface area contributed by atoms with Gasteiger partial charge in [0.25, 0.3) is 0 Å². The molecule has 3 rings (SSSR count). The van der Waals surface area contributed by atoms with Crippen LogP contribution in [0.3, 0.4) is 0 Å². The maximum absolute atomic E-state index is 6.14. The molecule has 0 aliphatic carbocycles. The highest BCUT2D eigenvalue weighted by Gasteiger charge is 2.16. The van der Waals surface area contributed by atoms with Crippen LogP contribution >= 0.6 is 23.2 Å². The summed E-state index contributed by atoms with van der Waals surface area (Å²) in [6, 6.07) is 11.9. The van der Waals surface area contributed by atoms with Gasteiger partial charge in [-0.3, -0.25) is 4.99 Å². The molecule has 1 unspecified atom stereocenters. The van der Waals surface area contributed by atoms with Gasteiger partial charge in [0.1, 0.15) is 5.15 Å². The van der Waals surface area contributed by atoms with Crippen molar-refractivity contribution in [1.29, 1.82) is 0 Å². The standard InChI is InChI=1S/C17H17Cl2N3/c18-14-4-1-3-13(10-14)15(22-17-5-2-8-20-17)9-12-6-7-16(19)21-11-12/h1,3-4,6-7,10-11,15H,2,5,8-9H2,(H,20,22). The third-order valence-corrected chi connectivity index (χ3v) is 4.15. The third-order valence-electron chi connectivity index (χ3n) is 3.69. The highest BCUT2D eigenvalue weighted by Crippen LogP contribution is 2.23. The zero-order valence-electron chi connectivity index (χ0n) is 12.1. The van der Waals surface area contributed by atoms with Crippen LogP contribution in [0.5, 0.6) is 0 Å². The Hall–Kier alpha value is -1.58. The molecule has 22 heavy (non-hydrogen) atoms. The van der Waals surface area contributed by atoms with E-state index in [9.17, 15) is 0 Å². The molecular formula is C17H17Cl2N3. The second kappa shape index (κ2) is 7.12. The lowest BCUT2D eigenvalue weighted by atomic mass is 9.99. The van der Waals surface area contributed by atoms with E-state index in [2.05, 4.69) is 21.4 Å². The molecule has 1 aliphatic rings. The Kier molecular flexibility index (Phi) is 4.96. The molecule has 0 fully saturated rings. The maximum atomic E-state index is 6.14. The van der Waals surface area contributed by atoms with Gasteiger partial charge in [0.2, 0.25) is 0 Å². The summed E-state index contributed by atoms with van der Waals surface area (Å²) >= 11 is 12.0. The molecule has 1 aromatic carbocycles. The van der Waals surface area contributed by atoms with Gasteiger partial charge < -0.3 is 5.32 Å². The Morgan fingerprint density at radius 2 is 2.09 bits per heavy atom. The van der Waals surface area contributed by atoms with Crippen LogP contribution in [0.2, 0.25) is 10.2 Å². The predicted octanol–water partition coefficient (Wildman–Crippen LogP) is 4.45. The minimum Gasteiger partial charge on any atom is -0.367 e. The molecule has 1 N–H and O–H groups in total. The average Bonchev–Trinajstić information content (AvgIpc) is 3.02. The number of aliphatic imine (C=N–C) groups is 1. The van der Waals surface area contributed by atoms with E-state index in [-0.39, 0.29) is 6.04 Å². The molecule has 0 bridgehead atoms. The molecule has 0 radical (unpaired) electrons. The Labute approximate surface area is 140 Å². The summed E-state index contributed by atoms with van der Waals surface area (Å²) in [5, 5.41) is 4.81. The van der Waals surface area contributed by atoms with Crippen molar-refractivity contribution in [2.24, 2.45) is 4.99 Å². The fraction of sp³-hybridized carbons (Fsp3) is 0.294. The number of benzene rings is 1. The van der Waals surface area contributed by atoms with E-state index in [1.54, 1.807) is 0 Å². The number of amidine groups is 1. The number of nitrogens with one attached hydrogen (secondary N) is 1. The summed E-state index contributed by atoms with van der Waals surface area (Å²) in [6.45, 7) is 0.910. The maximum Gasteiger partial charge on any atom is 0.129 e. The molecule has 0 saturated carbocycles. The number of hydrogen-bond acceptors (Lipinski definition) is 3. The van der Waals surface area contributed by atoms with E-state index in [4.69, 9.17) is 23.2 Å². The molecule has 114 valence electrons. The summed E-state index contributed by atoms with van der Waals surface area (Å²) in [6.07, 6.45) is 4.75. The Morgan fingerprint density at radius 3 is 2.77 bits per heavy atom. The quantitative estimate of drug-likeness (QED) is 0.839. The molecule has 5 heteroatoms. The minimum absolute atomic E-state index is 0.124. The first kappa shape index (κ1) is 15.3. The van der Waals surface area contributed by atoms with Crippen LogP contribution in [-0.4, -0.2) is 17.4 Å². The molecule has 2 heterocycles. The second-order valence-corrected chi connectivity index (χ2v) is 6.20. The van der Waals surface area contributed by atoms with Gasteiger partial charge in [0.05, 0.1) is 11.9 Å². The highest BCUT2D eigenvalue weighted by molar-refractivity contribution is 6.30. The normalized spacial score (nSPS) is 15.5. The van der Waals surface area contributed by atoms with Crippen molar-refractivity contribution in [1.82, 2.24) is 10.3 Å². The topological polar surface area (TPSA) is 37.3 Å². The number of pyridine rings is 1. The fourth-order valence-corrected chi connectivity index (χ4v) is 2.91. The minimum atomic E-state index is 0.124. The molecular weight excluding hydrogens is 317 g/mol. The largest absolute Gasteiger partial charge is 0.367 e. The average molecular weight is 334 g/mol. The van der Waals surface area contributed by atoms with Gasteiger partial charge in [-0.05, 0) is 42.2 Å². The lowest BCUT2D eigenvalue weighted by Crippen LogP contribution is -2.28. The first-order valence-electron chi connectivity index (χ1n) is 7.36. The molecule has 0 amide bonds. The van der Waals surface area contributed by atoms with Crippen LogP contribution in [0.15, 0.2) is 47.6 Å². The van der Waals surface area contributed by atoms with E-state index in [0.717, 1.165) is 47.8 Å². The Morgan fingerprint density at radius 1 is 1.18 bits per heavy atom. The van der Waals surface area contributed by atoms with Crippen LogP contribution < -0.4 is 5.32 Å². The zero-order valence-corrected chi connectivity index (χ0v) is 13.6. The van der Waals surface area contributed by atoms with Gasteiger partial charge in [0.15, 0.2) is 0 Å². The van der Waals surface area contributed by atoms with E-state index in [1.807, 2.05) is 36.5 Å². The first-order valence-corrected chi connectivity index (χ1v) is 8.12. The lowest BCUT2D eigenvalue weighted by Gasteiger charge is -2.20. The Balaban J connectivity index is 1.83. The second-order valence-electron chi connectivity index (χ2n) is 5.38. The van der Waals surface area contributed by atoms with Crippen molar-refractivity contribution in [2.45, 2.75) is 25.3 Å². The highest BCUT2D eigenvalue weighted by atomic mass is 35.5. The first-order chi connectivity index (χ1) is 10.7. The fourth-order valence-electron chi connectivity index (χ4n) is 2.60. The van der Waals surface area contributed by atoms with E-state index in [1.165, 1.54) is 0 Å². The number of nitrogens with zero attached hydrogens (tertiary/aromatic N) is 2. The van der Waals surface area contributed by atoms with Crippen molar-refractivity contribution >= 4 is 29.0 Å². The summed E-state index contributed by atoms with van der Waals surface area (Å²) in [5.41, 5.74) is 2.28. The van der Waals surface area contributed by atoms with Gasteiger partial charge in [-0.15, -0.1) is 0 Å². The van der Waals surface area contributed by atoms with Crippen LogP contribution in [0.4, 0.5) is 0 Å². The smallest absolute Gasteiger partial charge is 0.129 e. The van der Waals surface area contributed by atoms with Crippen LogP contribution in [0.1, 0.15) is 30.0 Å². The van der Waals surface area contributed by atoms with Gasteiger partial charge in [-0.1, -0.05) is 41.4 Å². The van der Waals surface area contributed by atoms with Crippen molar-refractivity contribution in [2.75, 3.05) is 6.54 Å². The van der Waals surface area contributed by atoms with Gasteiger partial charge >= 0.3 is 0 Å². The molecule has 3 nitrogen and oxygen atoms in total. The SMILES string of the molecule is Clc1cccc(C(Cc2ccc(Cl)nc2)NC2=NCCC2)c1. The number of halogens is 2. The van der Waals surface area contributed by atoms with Gasteiger partial charge in [0, 0.05) is 24.2 Å². The molecule has 0 saturated heterocycles. The molecule has 1 aliphatic heterocycles. The van der Waals surface area contributed by atoms with Crippen LogP contribution in [-0.2, 0) is 6.42 Å². The monoisotopic (exact) mass is 333 g/mol. The number of rotatable bonds is 4. The molecule has 0 spiro atoms. The summed E-state index contributed by atoms with van der Waals surface area (Å²) < 4.78 is 0. The summed E-state index contributed by atoms with van der Waals surface area (Å²) in [5.74, 6) is 1.08. The Bertz CT molecular complexity index is 668. The third kappa shape index (κ3) is 3.99. The zero-order chi connectivity index (χ0) is 15.4. The summed E-state index contributed by atoms with van der Waals surface area (Å²) in [4.78, 5) is 8.67. The molecule has 2 aromatic rings. The molecule has 1 aromatic heterocycles. The predicted molar refractivity (Wildman–Crippen MR) is 91.8 cm³/mol. The number of hydrogen-bond donors (Lipinski definition) is 1. The van der Waals surface area contributed by atoms with E-state index >= 15 is 0 Å². The van der Waals surface area contributed by atoms with Crippen LogP contribution in [0, 0.1) is 0 Å². The van der Waals surface area contributed by atoms with Gasteiger partial charge in [-0.2, -0.15) is 0 Å². The van der Waals surface area contributed by atoms with Crippen molar-refractivity contribution in [3.05, 3.63) is 63.9 Å². The number of aromatic nitrogens is 1. The van der Waals surface area contributed by atoms with Crippen molar-refractivity contribution in [3.8, 4) is 0 Å². The summed E-state index contributed by atoms with van der Waals surface area (Å²) in [7, 11) is 0. The van der Waals surface area contributed by atoms with E-state index < -0.39 is 0 Å². The van der Waals surface area contributed by atoms with E-state index in [0.29, 0.717) is 5.15 Å². The van der Waals surface area contributed by atoms with Crippen molar-refractivity contribution < 1.29 is 0 Å². The lowest BCUT2D eigenvalue weighted by molar-refractivity contribution is 0.637. The van der Waals surface area contributed by atoms with Crippen LogP contribution in [0.25, 0.3) is 0 Å². The van der Waals surface area contributed by atoms with Crippen molar-refractivity contribution in [3.63, 3.8) is 0 Å². The molecule has 1 atom stereocenters.